The van der Waals surface area contributed by atoms with Gasteiger partial charge in [-0.3, -0.25) is 10.2 Å². The van der Waals surface area contributed by atoms with E-state index < -0.39 is 5.60 Å². The molecule has 2 aliphatic rings. The predicted molar refractivity (Wildman–Crippen MR) is 81.7 cm³/mol. The highest BCUT2D eigenvalue weighted by atomic mass is 16.6. The highest BCUT2D eigenvalue weighted by Crippen LogP contribution is 2.16. The molecule has 2 heterocycles. The summed E-state index contributed by atoms with van der Waals surface area (Å²) in [6, 6.07) is 0.397. The minimum atomic E-state index is -0.440. The molecule has 0 aromatic carbocycles. The number of nitrogens with one attached hydrogen (secondary N) is 1. The fraction of sp³-hybridized carbons (Fsp3) is 0.929. The minimum Gasteiger partial charge on any atom is -0.444 e. The normalized spacial score (nSPS) is 32.0. The van der Waals surface area contributed by atoms with Crippen molar-refractivity contribution in [1.29, 1.82) is 0 Å². The van der Waals surface area contributed by atoms with Gasteiger partial charge in [0, 0.05) is 44.8 Å². The molecular formula is C14H29N5O2. The third-order valence-corrected chi connectivity index (χ3v) is 4.08. The van der Waals surface area contributed by atoms with Crippen LogP contribution in [0.4, 0.5) is 4.79 Å². The van der Waals surface area contributed by atoms with Gasteiger partial charge in [-0.15, -0.1) is 0 Å². The van der Waals surface area contributed by atoms with E-state index in [1.165, 1.54) is 0 Å². The van der Waals surface area contributed by atoms with Crippen molar-refractivity contribution in [3.05, 3.63) is 0 Å². The lowest BCUT2D eigenvalue weighted by Crippen LogP contribution is -2.64. The molecule has 0 spiro atoms. The van der Waals surface area contributed by atoms with Crippen molar-refractivity contribution in [2.75, 3.05) is 32.7 Å². The molecule has 0 bridgehead atoms. The first-order chi connectivity index (χ1) is 9.76. The van der Waals surface area contributed by atoms with Gasteiger partial charge in [0.1, 0.15) is 5.60 Å². The van der Waals surface area contributed by atoms with E-state index in [0.29, 0.717) is 19.1 Å². The number of rotatable bonds is 1. The molecule has 2 aliphatic heterocycles. The van der Waals surface area contributed by atoms with Crippen molar-refractivity contribution in [3.63, 3.8) is 0 Å². The van der Waals surface area contributed by atoms with Crippen LogP contribution in [0.15, 0.2) is 0 Å². The Morgan fingerprint density at radius 1 is 1.19 bits per heavy atom. The molecule has 21 heavy (non-hydrogen) atoms. The molecule has 5 N–H and O–H groups in total. The summed E-state index contributed by atoms with van der Waals surface area (Å²) >= 11 is 0. The maximum atomic E-state index is 12.0. The number of carbonyl (C=O) groups excluding carboxylic acids is 1. The maximum absolute atomic E-state index is 12.0. The largest absolute Gasteiger partial charge is 0.444 e. The predicted octanol–water partition coefficient (Wildman–Crippen LogP) is -0.487. The zero-order valence-electron chi connectivity index (χ0n) is 13.3. The summed E-state index contributed by atoms with van der Waals surface area (Å²) in [6.45, 7) is 9.64. The first-order valence-electron chi connectivity index (χ1n) is 7.73. The lowest BCUT2D eigenvalue weighted by atomic mass is 9.99. The Bertz CT molecular complexity index is 363. The Labute approximate surface area is 126 Å². The van der Waals surface area contributed by atoms with Crippen LogP contribution in [0.2, 0.25) is 0 Å². The second kappa shape index (κ2) is 6.48. The first kappa shape index (κ1) is 16.5. The molecule has 2 rings (SSSR count). The quantitative estimate of drug-likeness (QED) is 0.605. The number of hydrogen-bond donors (Lipinski definition) is 3. The van der Waals surface area contributed by atoms with Crippen LogP contribution in [0.25, 0.3) is 0 Å². The van der Waals surface area contributed by atoms with Gasteiger partial charge in [0.05, 0.1) is 6.17 Å². The number of ether oxygens (including phenoxy) is 1. The number of piperazine rings is 1. The standard InChI is InChI=1S/C14H29N5O2/c1-14(2,3)21-13(20)19-6-4-18(5-7-19)10-8-11(15)12(16)17-9-10/h10-12,17H,4-9,15-16H2,1-3H3. The lowest BCUT2D eigenvalue weighted by Gasteiger charge is -2.43. The summed E-state index contributed by atoms with van der Waals surface area (Å²) in [5.74, 6) is 0. The van der Waals surface area contributed by atoms with Crippen LogP contribution in [-0.2, 0) is 4.74 Å². The fourth-order valence-electron chi connectivity index (χ4n) is 2.84. The van der Waals surface area contributed by atoms with Gasteiger partial charge in [-0.25, -0.2) is 4.79 Å². The Morgan fingerprint density at radius 3 is 2.33 bits per heavy atom. The van der Waals surface area contributed by atoms with Gasteiger partial charge >= 0.3 is 6.09 Å². The number of amides is 1. The Kier molecular flexibility index (Phi) is 5.08. The van der Waals surface area contributed by atoms with Crippen molar-refractivity contribution in [3.8, 4) is 0 Å². The smallest absolute Gasteiger partial charge is 0.410 e. The molecule has 0 aromatic heterocycles. The van der Waals surface area contributed by atoms with Crippen molar-refractivity contribution in [2.45, 2.75) is 51.0 Å². The second-order valence-electron chi connectivity index (χ2n) is 6.99. The summed E-state index contributed by atoms with van der Waals surface area (Å²) in [4.78, 5) is 16.2. The number of carbonyl (C=O) groups is 1. The van der Waals surface area contributed by atoms with Crippen molar-refractivity contribution in [1.82, 2.24) is 15.1 Å². The Balaban J connectivity index is 1.79. The van der Waals surface area contributed by atoms with E-state index in [0.717, 1.165) is 26.1 Å². The van der Waals surface area contributed by atoms with Crippen LogP contribution >= 0.6 is 0 Å². The second-order valence-corrected chi connectivity index (χ2v) is 6.99. The molecule has 0 aromatic rings. The summed E-state index contributed by atoms with van der Waals surface area (Å²) in [5, 5.41) is 3.25. The molecule has 122 valence electrons. The van der Waals surface area contributed by atoms with Gasteiger partial charge in [0.25, 0.3) is 0 Å². The Hall–Kier alpha value is -0.890. The number of piperidine rings is 1. The molecule has 0 radical (unpaired) electrons. The van der Waals surface area contributed by atoms with Crippen molar-refractivity contribution in [2.24, 2.45) is 11.5 Å². The molecule has 3 atom stereocenters. The van der Waals surface area contributed by atoms with Crippen molar-refractivity contribution >= 4 is 6.09 Å². The van der Waals surface area contributed by atoms with Crippen LogP contribution in [0, 0.1) is 0 Å². The third kappa shape index (κ3) is 4.54. The topological polar surface area (TPSA) is 96.8 Å². The SMILES string of the molecule is CC(C)(C)OC(=O)N1CCN(C2CNC(N)C(N)C2)CC1. The van der Waals surface area contributed by atoms with E-state index in [2.05, 4.69) is 10.2 Å². The zero-order valence-corrected chi connectivity index (χ0v) is 13.3. The molecule has 2 saturated heterocycles. The lowest BCUT2D eigenvalue weighted by molar-refractivity contribution is 0.00787. The number of nitrogens with two attached hydrogens (primary N) is 2. The van der Waals surface area contributed by atoms with E-state index in [-0.39, 0.29) is 18.3 Å². The van der Waals surface area contributed by atoms with Crippen molar-refractivity contribution < 1.29 is 9.53 Å². The van der Waals surface area contributed by atoms with Gasteiger partial charge in [-0.2, -0.15) is 0 Å². The molecule has 3 unspecified atom stereocenters. The summed E-state index contributed by atoms with van der Waals surface area (Å²) < 4.78 is 5.41. The van der Waals surface area contributed by atoms with Crippen LogP contribution in [-0.4, -0.2) is 72.5 Å². The molecular weight excluding hydrogens is 270 g/mol. The Morgan fingerprint density at radius 2 is 1.81 bits per heavy atom. The number of hydrogen-bond acceptors (Lipinski definition) is 6. The molecule has 0 aliphatic carbocycles. The van der Waals surface area contributed by atoms with E-state index in [1.807, 2.05) is 20.8 Å². The first-order valence-corrected chi connectivity index (χ1v) is 7.73. The molecule has 1 amide bonds. The van der Waals surface area contributed by atoms with Gasteiger partial charge < -0.3 is 21.1 Å². The minimum absolute atomic E-state index is 0.00682. The summed E-state index contributed by atoms with van der Waals surface area (Å²) in [5.41, 5.74) is 11.4. The number of nitrogens with zero attached hydrogens (tertiary/aromatic N) is 2. The highest BCUT2D eigenvalue weighted by molar-refractivity contribution is 5.68. The van der Waals surface area contributed by atoms with Gasteiger partial charge in [-0.1, -0.05) is 0 Å². The van der Waals surface area contributed by atoms with E-state index in [4.69, 9.17) is 16.2 Å². The monoisotopic (exact) mass is 299 g/mol. The summed E-state index contributed by atoms with van der Waals surface area (Å²) in [6.07, 6.45) is 0.576. The van der Waals surface area contributed by atoms with Crippen LogP contribution < -0.4 is 16.8 Å². The molecule has 0 saturated carbocycles. The molecule has 7 nitrogen and oxygen atoms in total. The average molecular weight is 299 g/mol. The highest BCUT2D eigenvalue weighted by Gasteiger charge is 2.32. The van der Waals surface area contributed by atoms with E-state index >= 15 is 0 Å². The van der Waals surface area contributed by atoms with Gasteiger partial charge in [-0.05, 0) is 27.2 Å². The van der Waals surface area contributed by atoms with Crippen LogP contribution in [0.5, 0.6) is 0 Å². The zero-order chi connectivity index (χ0) is 15.6. The molecule has 7 heteroatoms. The van der Waals surface area contributed by atoms with Crippen LogP contribution in [0.1, 0.15) is 27.2 Å². The van der Waals surface area contributed by atoms with E-state index in [9.17, 15) is 4.79 Å². The van der Waals surface area contributed by atoms with Gasteiger partial charge in [0.2, 0.25) is 0 Å². The fourth-order valence-corrected chi connectivity index (χ4v) is 2.84. The molecule has 2 fully saturated rings. The summed E-state index contributed by atoms with van der Waals surface area (Å²) in [7, 11) is 0. The van der Waals surface area contributed by atoms with Gasteiger partial charge in [0.15, 0.2) is 0 Å². The van der Waals surface area contributed by atoms with E-state index in [1.54, 1.807) is 4.90 Å². The average Bonchev–Trinajstić information content (AvgIpc) is 2.40. The maximum Gasteiger partial charge on any atom is 0.410 e. The van der Waals surface area contributed by atoms with Crippen LogP contribution in [0.3, 0.4) is 0 Å². The third-order valence-electron chi connectivity index (χ3n) is 4.08.